The highest BCUT2D eigenvalue weighted by molar-refractivity contribution is 5.25. The molecule has 1 rings (SSSR count). The highest BCUT2D eigenvalue weighted by atomic mass is 16.3. The lowest BCUT2D eigenvalue weighted by Gasteiger charge is -2.05. The van der Waals surface area contributed by atoms with Gasteiger partial charge in [0.1, 0.15) is 0 Å². The van der Waals surface area contributed by atoms with E-state index in [1.807, 2.05) is 31.2 Å². The maximum atomic E-state index is 9.34. The number of aliphatic hydroxyl groups excluding tert-OH is 1. The van der Waals surface area contributed by atoms with Crippen molar-refractivity contribution in [3.63, 3.8) is 0 Å². The summed E-state index contributed by atoms with van der Waals surface area (Å²) < 4.78 is 0. The Bertz CT molecular complexity index is 253. The van der Waals surface area contributed by atoms with E-state index in [-0.39, 0.29) is 0 Å². The number of aliphatic hydroxyl groups is 1. The molecule has 1 atom stereocenters. The fourth-order valence-corrected chi connectivity index (χ4v) is 0.990. The molecular weight excluding hydrogens is 136 g/mol. The number of hydrogen-bond acceptors (Lipinski definition) is 1. The van der Waals surface area contributed by atoms with Crippen molar-refractivity contribution in [2.45, 2.75) is 13.0 Å². The van der Waals surface area contributed by atoms with Crippen LogP contribution >= 0.6 is 0 Å². The molecule has 0 heterocycles. The third-order valence-electron chi connectivity index (χ3n) is 1.61. The first kappa shape index (κ1) is 8.02. The summed E-state index contributed by atoms with van der Waals surface area (Å²) in [6, 6.07) is 7.77. The van der Waals surface area contributed by atoms with E-state index in [2.05, 4.69) is 6.58 Å². The third kappa shape index (κ3) is 1.92. The van der Waals surface area contributed by atoms with Crippen LogP contribution in [0.25, 0.3) is 0 Å². The summed E-state index contributed by atoms with van der Waals surface area (Å²) in [6.07, 6.45) is 0.990. The van der Waals surface area contributed by atoms with E-state index in [1.54, 1.807) is 0 Å². The number of hydrogen-bond donors (Lipinski definition) is 1. The normalized spacial score (nSPS) is 12.5. The van der Waals surface area contributed by atoms with E-state index >= 15 is 0 Å². The molecular formula is C10H12O. The van der Waals surface area contributed by atoms with Gasteiger partial charge in [0.05, 0.1) is 6.10 Å². The predicted molar refractivity (Wildman–Crippen MR) is 46.3 cm³/mol. The maximum Gasteiger partial charge on any atom is 0.0969 e. The van der Waals surface area contributed by atoms with Gasteiger partial charge in [-0.2, -0.15) is 0 Å². The van der Waals surface area contributed by atoms with Crippen LogP contribution in [0.3, 0.4) is 0 Å². The number of rotatable bonds is 2. The fourth-order valence-electron chi connectivity index (χ4n) is 0.990. The van der Waals surface area contributed by atoms with Gasteiger partial charge >= 0.3 is 0 Å². The Hall–Kier alpha value is -1.08. The summed E-state index contributed by atoms with van der Waals surface area (Å²) in [5, 5.41) is 9.34. The summed E-state index contributed by atoms with van der Waals surface area (Å²) in [7, 11) is 0. The monoisotopic (exact) mass is 148 g/mol. The molecule has 0 aliphatic rings. The lowest BCUT2D eigenvalue weighted by atomic mass is 10.1. The molecule has 0 saturated heterocycles. The second-order valence-electron chi connectivity index (χ2n) is 2.59. The van der Waals surface area contributed by atoms with Gasteiger partial charge in [-0.1, -0.05) is 35.9 Å². The van der Waals surface area contributed by atoms with E-state index in [4.69, 9.17) is 0 Å². The third-order valence-corrected chi connectivity index (χ3v) is 1.61. The van der Waals surface area contributed by atoms with Crippen molar-refractivity contribution in [2.75, 3.05) is 0 Å². The Morgan fingerprint density at radius 1 is 1.55 bits per heavy atom. The molecule has 0 aliphatic heterocycles. The Labute approximate surface area is 67.0 Å². The van der Waals surface area contributed by atoms with Gasteiger partial charge in [0.2, 0.25) is 0 Å². The zero-order chi connectivity index (χ0) is 8.27. The number of aryl methyl sites for hydroxylation is 1. The van der Waals surface area contributed by atoms with Crippen LogP contribution in [0.5, 0.6) is 0 Å². The standard InChI is InChI=1S/C10H12O/c1-3-10(11)9-6-4-5-8(2)7-9/h3-7,10-11H,1H2,2H3. The lowest BCUT2D eigenvalue weighted by molar-refractivity contribution is 0.229. The summed E-state index contributed by atoms with van der Waals surface area (Å²) in [5.41, 5.74) is 2.06. The molecule has 0 fully saturated rings. The van der Waals surface area contributed by atoms with Crippen molar-refractivity contribution in [3.8, 4) is 0 Å². The lowest BCUT2D eigenvalue weighted by Crippen LogP contribution is -1.91. The van der Waals surface area contributed by atoms with Crippen LogP contribution in [-0.4, -0.2) is 5.11 Å². The molecule has 11 heavy (non-hydrogen) atoms. The van der Waals surface area contributed by atoms with E-state index in [1.165, 1.54) is 6.08 Å². The Morgan fingerprint density at radius 2 is 2.27 bits per heavy atom. The zero-order valence-electron chi connectivity index (χ0n) is 6.62. The zero-order valence-corrected chi connectivity index (χ0v) is 6.62. The largest absolute Gasteiger partial charge is 0.384 e. The van der Waals surface area contributed by atoms with Crippen LogP contribution in [0.1, 0.15) is 17.2 Å². The van der Waals surface area contributed by atoms with Crippen LogP contribution in [0, 0.1) is 6.92 Å². The summed E-state index contributed by atoms with van der Waals surface area (Å²) >= 11 is 0. The Balaban J connectivity index is 2.95. The molecule has 1 aromatic rings. The van der Waals surface area contributed by atoms with Gasteiger partial charge in [-0.25, -0.2) is 0 Å². The molecule has 0 amide bonds. The molecule has 1 nitrogen and oxygen atoms in total. The molecule has 0 saturated carbocycles. The summed E-state index contributed by atoms with van der Waals surface area (Å²) in [6.45, 7) is 5.52. The van der Waals surface area contributed by atoms with Crippen molar-refractivity contribution >= 4 is 0 Å². The predicted octanol–water partition coefficient (Wildman–Crippen LogP) is 2.21. The average molecular weight is 148 g/mol. The van der Waals surface area contributed by atoms with Crippen molar-refractivity contribution in [3.05, 3.63) is 48.0 Å². The molecule has 0 bridgehead atoms. The van der Waals surface area contributed by atoms with E-state index in [0.29, 0.717) is 0 Å². The maximum absolute atomic E-state index is 9.34. The van der Waals surface area contributed by atoms with Gasteiger partial charge in [0.25, 0.3) is 0 Å². The smallest absolute Gasteiger partial charge is 0.0969 e. The molecule has 0 aliphatic carbocycles. The van der Waals surface area contributed by atoms with Gasteiger partial charge in [-0.15, -0.1) is 6.58 Å². The summed E-state index contributed by atoms with van der Waals surface area (Å²) in [5.74, 6) is 0. The molecule has 1 aromatic carbocycles. The van der Waals surface area contributed by atoms with Crippen molar-refractivity contribution < 1.29 is 5.11 Å². The average Bonchev–Trinajstić information content (AvgIpc) is 2.03. The first-order valence-corrected chi connectivity index (χ1v) is 3.61. The van der Waals surface area contributed by atoms with Gasteiger partial charge < -0.3 is 5.11 Å². The quantitative estimate of drug-likeness (QED) is 0.637. The van der Waals surface area contributed by atoms with Crippen LogP contribution in [0.2, 0.25) is 0 Å². The molecule has 0 spiro atoms. The van der Waals surface area contributed by atoms with E-state index < -0.39 is 6.10 Å². The minimum atomic E-state index is -0.533. The van der Waals surface area contributed by atoms with Crippen LogP contribution in [-0.2, 0) is 0 Å². The second-order valence-corrected chi connectivity index (χ2v) is 2.59. The molecule has 0 radical (unpaired) electrons. The van der Waals surface area contributed by atoms with E-state index in [0.717, 1.165) is 11.1 Å². The SMILES string of the molecule is C=CC(O)c1cccc(C)c1. The highest BCUT2D eigenvalue weighted by Gasteiger charge is 2.00. The molecule has 1 heteroatoms. The molecule has 58 valence electrons. The first-order valence-electron chi connectivity index (χ1n) is 3.61. The van der Waals surface area contributed by atoms with Crippen molar-refractivity contribution in [1.29, 1.82) is 0 Å². The van der Waals surface area contributed by atoms with Gasteiger partial charge in [0, 0.05) is 0 Å². The second kappa shape index (κ2) is 3.35. The Kier molecular flexibility index (Phi) is 2.44. The van der Waals surface area contributed by atoms with Crippen LogP contribution < -0.4 is 0 Å². The first-order chi connectivity index (χ1) is 5.24. The van der Waals surface area contributed by atoms with Crippen molar-refractivity contribution in [2.24, 2.45) is 0 Å². The van der Waals surface area contributed by atoms with E-state index in [9.17, 15) is 5.11 Å². The van der Waals surface area contributed by atoms with Gasteiger partial charge in [0.15, 0.2) is 0 Å². The van der Waals surface area contributed by atoms with Gasteiger partial charge in [-0.05, 0) is 12.5 Å². The fraction of sp³-hybridized carbons (Fsp3) is 0.200. The molecule has 1 unspecified atom stereocenters. The van der Waals surface area contributed by atoms with Crippen molar-refractivity contribution in [1.82, 2.24) is 0 Å². The molecule has 0 aromatic heterocycles. The minimum absolute atomic E-state index is 0.533. The van der Waals surface area contributed by atoms with Crippen LogP contribution in [0.15, 0.2) is 36.9 Å². The number of benzene rings is 1. The molecule has 1 N–H and O–H groups in total. The Morgan fingerprint density at radius 3 is 2.82 bits per heavy atom. The van der Waals surface area contributed by atoms with Gasteiger partial charge in [-0.3, -0.25) is 0 Å². The topological polar surface area (TPSA) is 20.2 Å². The highest BCUT2D eigenvalue weighted by Crippen LogP contribution is 2.14. The summed E-state index contributed by atoms with van der Waals surface area (Å²) in [4.78, 5) is 0. The minimum Gasteiger partial charge on any atom is -0.384 e. The van der Waals surface area contributed by atoms with Crippen LogP contribution in [0.4, 0.5) is 0 Å².